The predicted molar refractivity (Wildman–Crippen MR) is 84.6 cm³/mol. The molecule has 0 aliphatic rings. The molecule has 0 saturated heterocycles. The normalized spacial score (nSPS) is 11.4. The minimum Gasteiger partial charge on any atom is -0.493 e. The lowest BCUT2D eigenvalue weighted by molar-refractivity contribution is -0.132. The SMILES string of the molecule is Cc1ccc(OCCC(=O)N(C)C(C)CN)c(C)c1.Cl. The van der Waals surface area contributed by atoms with Gasteiger partial charge in [-0.25, -0.2) is 0 Å². The van der Waals surface area contributed by atoms with Crippen LogP contribution in [0.1, 0.15) is 24.5 Å². The summed E-state index contributed by atoms with van der Waals surface area (Å²) in [5.74, 6) is 0.899. The van der Waals surface area contributed by atoms with Gasteiger partial charge in [0.15, 0.2) is 0 Å². The van der Waals surface area contributed by atoms with Gasteiger partial charge in [-0.2, -0.15) is 0 Å². The molecule has 0 saturated carbocycles. The van der Waals surface area contributed by atoms with Crippen LogP contribution in [0.15, 0.2) is 18.2 Å². The van der Waals surface area contributed by atoms with E-state index in [2.05, 4.69) is 6.07 Å². The van der Waals surface area contributed by atoms with Crippen molar-refractivity contribution in [2.45, 2.75) is 33.2 Å². The highest BCUT2D eigenvalue weighted by Crippen LogP contribution is 2.18. The molecule has 4 nitrogen and oxygen atoms in total. The van der Waals surface area contributed by atoms with Crippen LogP contribution in [-0.4, -0.2) is 37.0 Å². The molecule has 0 aromatic heterocycles. The molecule has 1 rings (SSSR count). The minimum absolute atomic E-state index is 0. The molecule has 1 unspecified atom stereocenters. The Labute approximate surface area is 127 Å². The van der Waals surface area contributed by atoms with E-state index < -0.39 is 0 Å². The molecule has 1 atom stereocenters. The third-order valence-electron chi connectivity index (χ3n) is 3.30. The molecule has 0 bridgehead atoms. The Morgan fingerprint density at radius 2 is 2.05 bits per heavy atom. The van der Waals surface area contributed by atoms with E-state index in [0.29, 0.717) is 19.6 Å². The van der Waals surface area contributed by atoms with Gasteiger partial charge < -0.3 is 15.4 Å². The van der Waals surface area contributed by atoms with Gasteiger partial charge in [-0.1, -0.05) is 17.7 Å². The first-order chi connectivity index (χ1) is 8.95. The van der Waals surface area contributed by atoms with Crippen LogP contribution in [0, 0.1) is 13.8 Å². The molecule has 1 aromatic rings. The number of ether oxygens (including phenoxy) is 1. The zero-order chi connectivity index (χ0) is 14.4. The number of hydrogen-bond acceptors (Lipinski definition) is 3. The molecular formula is C15H25ClN2O2. The molecule has 1 amide bonds. The smallest absolute Gasteiger partial charge is 0.226 e. The van der Waals surface area contributed by atoms with Gasteiger partial charge in [0.2, 0.25) is 5.91 Å². The maximum Gasteiger partial charge on any atom is 0.226 e. The first-order valence-electron chi connectivity index (χ1n) is 6.61. The second kappa shape index (κ2) is 8.82. The fraction of sp³-hybridized carbons (Fsp3) is 0.533. The van der Waals surface area contributed by atoms with Crippen LogP contribution >= 0.6 is 12.4 Å². The van der Waals surface area contributed by atoms with Crippen molar-refractivity contribution in [3.63, 3.8) is 0 Å². The third-order valence-corrected chi connectivity index (χ3v) is 3.30. The average molecular weight is 301 g/mol. The van der Waals surface area contributed by atoms with Crippen LogP contribution in [0.25, 0.3) is 0 Å². The van der Waals surface area contributed by atoms with E-state index in [9.17, 15) is 4.79 Å². The summed E-state index contributed by atoms with van der Waals surface area (Å²) >= 11 is 0. The van der Waals surface area contributed by atoms with Gasteiger partial charge in [0.05, 0.1) is 13.0 Å². The highest BCUT2D eigenvalue weighted by Gasteiger charge is 2.14. The Bertz CT molecular complexity index is 438. The molecular weight excluding hydrogens is 276 g/mol. The number of likely N-dealkylation sites (N-methyl/N-ethyl adjacent to an activating group) is 1. The van der Waals surface area contributed by atoms with Crippen molar-refractivity contribution in [1.82, 2.24) is 4.90 Å². The zero-order valence-corrected chi connectivity index (χ0v) is 13.5. The van der Waals surface area contributed by atoms with Crippen LogP contribution in [0.2, 0.25) is 0 Å². The quantitative estimate of drug-likeness (QED) is 0.877. The molecule has 1 aromatic carbocycles. The molecule has 0 fully saturated rings. The summed E-state index contributed by atoms with van der Waals surface area (Å²) in [5, 5.41) is 0. The van der Waals surface area contributed by atoms with Crippen molar-refractivity contribution in [3.8, 4) is 5.75 Å². The third kappa shape index (κ3) is 5.39. The maximum atomic E-state index is 11.9. The molecule has 2 N–H and O–H groups in total. The van der Waals surface area contributed by atoms with Gasteiger partial charge in [-0.3, -0.25) is 4.79 Å². The largest absolute Gasteiger partial charge is 0.493 e. The van der Waals surface area contributed by atoms with E-state index >= 15 is 0 Å². The number of nitrogens with zero attached hydrogens (tertiary/aromatic N) is 1. The highest BCUT2D eigenvalue weighted by molar-refractivity contribution is 5.85. The van der Waals surface area contributed by atoms with Gasteiger partial charge >= 0.3 is 0 Å². The van der Waals surface area contributed by atoms with Crippen molar-refractivity contribution in [2.24, 2.45) is 5.73 Å². The van der Waals surface area contributed by atoms with Crippen LogP contribution in [0.5, 0.6) is 5.75 Å². The lowest BCUT2D eigenvalue weighted by atomic mass is 10.1. The fourth-order valence-electron chi connectivity index (χ4n) is 1.79. The van der Waals surface area contributed by atoms with Crippen molar-refractivity contribution in [1.29, 1.82) is 0 Å². The molecule has 0 radical (unpaired) electrons. The monoisotopic (exact) mass is 300 g/mol. The molecule has 0 aliphatic carbocycles. The average Bonchev–Trinajstić information content (AvgIpc) is 2.39. The number of amides is 1. The summed E-state index contributed by atoms with van der Waals surface area (Å²) in [4.78, 5) is 13.5. The number of nitrogens with two attached hydrogens (primary N) is 1. The molecule has 0 spiro atoms. The van der Waals surface area contributed by atoms with Gasteiger partial charge in [0.25, 0.3) is 0 Å². The number of benzene rings is 1. The minimum atomic E-state index is 0. The molecule has 0 aliphatic heterocycles. The summed E-state index contributed by atoms with van der Waals surface area (Å²) in [6, 6.07) is 6.09. The first-order valence-corrected chi connectivity index (χ1v) is 6.61. The lowest BCUT2D eigenvalue weighted by Gasteiger charge is -2.23. The van der Waals surface area contributed by atoms with Crippen LogP contribution in [-0.2, 0) is 4.79 Å². The summed E-state index contributed by atoms with van der Waals surface area (Å²) < 4.78 is 5.65. The first kappa shape index (κ1) is 18.7. The summed E-state index contributed by atoms with van der Waals surface area (Å²) in [6.45, 7) is 6.85. The van der Waals surface area contributed by atoms with E-state index in [1.807, 2.05) is 32.9 Å². The zero-order valence-electron chi connectivity index (χ0n) is 12.7. The number of rotatable bonds is 6. The Balaban J connectivity index is 0.00000361. The van der Waals surface area contributed by atoms with Crippen molar-refractivity contribution < 1.29 is 9.53 Å². The Morgan fingerprint density at radius 3 is 2.60 bits per heavy atom. The summed E-state index contributed by atoms with van der Waals surface area (Å²) in [6.07, 6.45) is 0.369. The second-order valence-corrected chi connectivity index (χ2v) is 4.96. The summed E-state index contributed by atoms with van der Waals surface area (Å²) in [5.41, 5.74) is 7.84. The van der Waals surface area contributed by atoms with Gasteiger partial charge in [0.1, 0.15) is 5.75 Å². The second-order valence-electron chi connectivity index (χ2n) is 4.96. The predicted octanol–water partition coefficient (Wildman–Crippen LogP) is 2.30. The van der Waals surface area contributed by atoms with E-state index in [1.165, 1.54) is 5.56 Å². The van der Waals surface area contributed by atoms with Crippen molar-refractivity contribution >= 4 is 18.3 Å². The number of carbonyl (C=O) groups is 1. The molecule has 114 valence electrons. The topological polar surface area (TPSA) is 55.6 Å². The molecule has 0 heterocycles. The Kier molecular flexibility index (Phi) is 8.26. The number of halogens is 1. The van der Waals surface area contributed by atoms with Gasteiger partial charge in [-0.05, 0) is 32.4 Å². The Hall–Kier alpha value is -1.26. The standard InChI is InChI=1S/C15H24N2O2.ClH/c1-11-5-6-14(12(2)9-11)19-8-7-15(18)17(4)13(3)10-16;/h5-6,9,13H,7-8,10,16H2,1-4H3;1H. The van der Waals surface area contributed by atoms with Crippen LogP contribution in [0.3, 0.4) is 0 Å². The Morgan fingerprint density at radius 1 is 1.40 bits per heavy atom. The molecule has 20 heavy (non-hydrogen) atoms. The highest BCUT2D eigenvalue weighted by atomic mass is 35.5. The fourth-order valence-corrected chi connectivity index (χ4v) is 1.79. The van der Waals surface area contributed by atoms with Crippen molar-refractivity contribution in [3.05, 3.63) is 29.3 Å². The van der Waals surface area contributed by atoms with E-state index in [-0.39, 0.29) is 24.4 Å². The van der Waals surface area contributed by atoms with Crippen LogP contribution in [0.4, 0.5) is 0 Å². The lowest BCUT2D eigenvalue weighted by Crippen LogP contribution is -2.40. The van der Waals surface area contributed by atoms with Crippen molar-refractivity contribution in [2.75, 3.05) is 20.2 Å². The number of aryl methyl sites for hydroxylation is 2. The number of carbonyl (C=O) groups excluding carboxylic acids is 1. The van der Waals surface area contributed by atoms with E-state index in [0.717, 1.165) is 11.3 Å². The van der Waals surface area contributed by atoms with Gasteiger partial charge in [-0.15, -0.1) is 12.4 Å². The van der Waals surface area contributed by atoms with Crippen LogP contribution < -0.4 is 10.5 Å². The number of hydrogen-bond donors (Lipinski definition) is 1. The maximum absolute atomic E-state index is 11.9. The van der Waals surface area contributed by atoms with E-state index in [4.69, 9.17) is 10.5 Å². The summed E-state index contributed by atoms with van der Waals surface area (Å²) in [7, 11) is 1.77. The van der Waals surface area contributed by atoms with Gasteiger partial charge in [0, 0.05) is 19.6 Å². The van der Waals surface area contributed by atoms with E-state index in [1.54, 1.807) is 11.9 Å². The molecule has 5 heteroatoms.